The SMILES string of the molecule is CCOC(=O)c1[nH]n(-c2ccccc2)c(=O)c1C1c2c(cc(-c3ccc(Br)cc3)n2-c2ccc(Cl)cc2)C(=O)CC1(C)C. The number of halogens is 2. The Morgan fingerprint density at radius 1 is 1.00 bits per heavy atom. The van der Waals surface area contributed by atoms with Crippen LogP contribution in [0.25, 0.3) is 22.6 Å². The van der Waals surface area contributed by atoms with E-state index >= 15 is 0 Å². The molecule has 1 aliphatic carbocycles. The number of aromatic amines is 1. The van der Waals surface area contributed by atoms with Gasteiger partial charge in [0.05, 0.1) is 23.6 Å². The number of carbonyl (C=O) groups is 2. The number of Topliss-reactive ketones (excluding diaryl/α,β-unsaturated/α-hetero) is 1. The molecule has 1 N–H and O–H groups in total. The first-order chi connectivity index (χ1) is 20.6. The molecule has 0 amide bonds. The second kappa shape index (κ2) is 11.2. The lowest BCUT2D eigenvalue weighted by Gasteiger charge is -2.38. The van der Waals surface area contributed by atoms with Gasteiger partial charge in [0.2, 0.25) is 0 Å². The number of H-pyrrole nitrogens is 1. The molecule has 5 aromatic rings. The highest BCUT2D eigenvalue weighted by Gasteiger charge is 2.47. The van der Waals surface area contributed by atoms with Crippen LogP contribution in [0.3, 0.4) is 0 Å². The minimum absolute atomic E-state index is 0.0288. The number of hydrogen-bond donors (Lipinski definition) is 1. The molecular formula is C34H29BrClN3O4. The summed E-state index contributed by atoms with van der Waals surface area (Å²) in [6.45, 7) is 5.79. The third-order valence-corrected chi connectivity index (χ3v) is 8.72. The fourth-order valence-corrected chi connectivity index (χ4v) is 6.47. The molecule has 2 heterocycles. The predicted molar refractivity (Wildman–Crippen MR) is 171 cm³/mol. The standard InChI is InChI=1S/C34H29BrClN3O4/c1-4-43-33(42)30-28(32(41)39(37-30)24-8-6-5-7-9-24)29-31-25(27(40)19-34(29,2)3)18-26(20-10-12-21(35)13-11-20)38(31)23-16-14-22(36)15-17-23/h5-18,29,37H,4,19H2,1-3H3. The third-order valence-electron chi connectivity index (χ3n) is 7.94. The summed E-state index contributed by atoms with van der Waals surface area (Å²) in [5, 5.41) is 3.63. The van der Waals surface area contributed by atoms with E-state index in [4.69, 9.17) is 16.3 Å². The van der Waals surface area contributed by atoms with E-state index in [2.05, 4.69) is 21.0 Å². The molecule has 43 heavy (non-hydrogen) atoms. The Bertz CT molecular complexity index is 1900. The maximum atomic E-state index is 14.4. The first kappa shape index (κ1) is 29.0. The number of ether oxygens (including phenoxy) is 1. The van der Waals surface area contributed by atoms with Gasteiger partial charge < -0.3 is 9.30 Å². The number of nitrogens with zero attached hydrogens (tertiary/aromatic N) is 2. The Kier molecular flexibility index (Phi) is 7.52. The Labute approximate surface area is 262 Å². The Morgan fingerprint density at radius 3 is 2.33 bits per heavy atom. The molecule has 0 saturated carbocycles. The predicted octanol–water partition coefficient (Wildman–Crippen LogP) is 7.96. The number of hydrogen-bond acceptors (Lipinski definition) is 4. The first-order valence-electron chi connectivity index (χ1n) is 14.0. The van der Waals surface area contributed by atoms with Crippen LogP contribution in [-0.4, -0.2) is 32.7 Å². The monoisotopic (exact) mass is 657 g/mol. The zero-order chi connectivity index (χ0) is 30.5. The molecule has 6 rings (SSSR count). The number of carbonyl (C=O) groups excluding carboxylic acids is 2. The zero-order valence-electron chi connectivity index (χ0n) is 23.9. The van der Waals surface area contributed by atoms with Gasteiger partial charge in [0.15, 0.2) is 5.78 Å². The first-order valence-corrected chi connectivity index (χ1v) is 15.2. The summed E-state index contributed by atoms with van der Waals surface area (Å²) in [7, 11) is 0. The molecule has 1 unspecified atom stereocenters. The molecule has 1 atom stereocenters. The minimum Gasteiger partial charge on any atom is -0.461 e. The van der Waals surface area contributed by atoms with Crippen molar-refractivity contribution in [3.05, 3.63) is 127 Å². The third kappa shape index (κ3) is 5.08. The second-order valence-electron chi connectivity index (χ2n) is 11.3. The molecule has 2 aromatic heterocycles. The van der Waals surface area contributed by atoms with Crippen molar-refractivity contribution < 1.29 is 14.3 Å². The average Bonchev–Trinajstić information content (AvgIpc) is 3.53. The minimum atomic E-state index is -0.735. The molecule has 1 aliphatic rings. The van der Waals surface area contributed by atoms with Crippen LogP contribution in [0, 0.1) is 5.41 Å². The Morgan fingerprint density at radius 2 is 1.67 bits per heavy atom. The van der Waals surface area contributed by atoms with Crippen LogP contribution in [0.15, 0.2) is 94.2 Å². The topological polar surface area (TPSA) is 86.1 Å². The van der Waals surface area contributed by atoms with Crippen molar-refractivity contribution in [2.24, 2.45) is 5.41 Å². The van der Waals surface area contributed by atoms with E-state index in [1.165, 1.54) is 4.68 Å². The number of aromatic nitrogens is 3. The summed E-state index contributed by atoms with van der Waals surface area (Å²) in [5.41, 5.74) is 3.41. The molecular weight excluding hydrogens is 630 g/mol. The summed E-state index contributed by atoms with van der Waals surface area (Å²) in [6.07, 6.45) is 0.188. The van der Waals surface area contributed by atoms with Gasteiger partial charge in [-0.1, -0.05) is 71.7 Å². The molecule has 0 spiro atoms. The summed E-state index contributed by atoms with van der Waals surface area (Å²) < 4.78 is 9.76. The lowest BCUT2D eigenvalue weighted by molar-refractivity contribution is 0.0516. The number of nitrogens with one attached hydrogen (secondary N) is 1. The van der Waals surface area contributed by atoms with Gasteiger partial charge in [0.25, 0.3) is 5.56 Å². The molecule has 0 saturated heterocycles. The van der Waals surface area contributed by atoms with Gasteiger partial charge in [0.1, 0.15) is 5.69 Å². The van der Waals surface area contributed by atoms with E-state index in [0.29, 0.717) is 22.0 Å². The maximum absolute atomic E-state index is 14.4. The van der Waals surface area contributed by atoms with Crippen molar-refractivity contribution in [1.29, 1.82) is 0 Å². The zero-order valence-corrected chi connectivity index (χ0v) is 26.2. The maximum Gasteiger partial charge on any atom is 0.356 e. The van der Waals surface area contributed by atoms with Crippen LogP contribution in [0.1, 0.15) is 65.2 Å². The van der Waals surface area contributed by atoms with Gasteiger partial charge in [-0.2, -0.15) is 0 Å². The Balaban J connectivity index is 1.71. The molecule has 7 nitrogen and oxygen atoms in total. The number of esters is 1. The van der Waals surface area contributed by atoms with Crippen molar-refractivity contribution in [3.8, 4) is 22.6 Å². The van der Waals surface area contributed by atoms with Gasteiger partial charge in [-0.15, -0.1) is 0 Å². The van der Waals surface area contributed by atoms with Crippen LogP contribution < -0.4 is 5.56 Å². The van der Waals surface area contributed by atoms with Crippen LogP contribution in [0.2, 0.25) is 5.02 Å². The van der Waals surface area contributed by atoms with E-state index in [-0.39, 0.29) is 35.6 Å². The summed E-state index contributed by atoms with van der Waals surface area (Å²) in [5.74, 6) is -1.30. The number of ketones is 1. The summed E-state index contributed by atoms with van der Waals surface area (Å²) >= 11 is 9.80. The molecule has 0 bridgehead atoms. The van der Waals surface area contributed by atoms with Gasteiger partial charge in [0, 0.05) is 38.8 Å². The van der Waals surface area contributed by atoms with Crippen LogP contribution in [-0.2, 0) is 4.74 Å². The van der Waals surface area contributed by atoms with Gasteiger partial charge >= 0.3 is 5.97 Å². The van der Waals surface area contributed by atoms with Crippen molar-refractivity contribution in [2.75, 3.05) is 6.61 Å². The quantitative estimate of drug-likeness (QED) is 0.188. The second-order valence-corrected chi connectivity index (χ2v) is 12.6. The lowest BCUT2D eigenvalue weighted by Crippen LogP contribution is -2.37. The number of fused-ring (bicyclic) bond motifs is 1. The van der Waals surface area contributed by atoms with Crippen molar-refractivity contribution in [1.82, 2.24) is 14.3 Å². The highest BCUT2D eigenvalue weighted by atomic mass is 79.9. The molecule has 0 aliphatic heterocycles. The summed E-state index contributed by atoms with van der Waals surface area (Å²) in [6, 6.07) is 26.2. The van der Waals surface area contributed by atoms with E-state index in [1.54, 1.807) is 31.2 Å². The van der Waals surface area contributed by atoms with Gasteiger partial charge in [-0.05, 0) is 72.5 Å². The molecule has 218 valence electrons. The molecule has 3 aromatic carbocycles. The van der Waals surface area contributed by atoms with Crippen molar-refractivity contribution >= 4 is 39.3 Å². The smallest absolute Gasteiger partial charge is 0.356 e. The normalized spacial score (nSPS) is 15.7. The summed E-state index contributed by atoms with van der Waals surface area (Å²) in [4.78, 5) is 41.7. The van der Waals surface area contributed by atoms with Gasteiger partial charge in [-0.25, -0.2) is 9.48 Å². The van der Waals surface area contributed by atoms with Gasteiger partial charge in [-0.3, -0.25) is 14.7 Å². The van der Waals surface area contributed by atoms with Crippen molar-refractivity contribution in [2.45, 2.75) is 33.1 Å². The molecule has 0 radical (unpaired) electrons. The number of benzene rings is 3. The number of para-hydroxylation sites is 1. The fraction of sp³-hybridized carbons (Fsp3) is 0.206. The molecule has 9 heteroatoms. The molecule has 0 fully saturated rings. The average molecular weight is 659 g/mol. The van der Waals surface area contributed by atoms with E-state index < -0.39 is 17.3 Å². The lowest BCUT2D eigenvalue weighted by atomic mass is 9.65. The fourth-order valence-electron chi connectivity index (χ4n) is 6.08. The van der Waals surface area contributed by atoms with Crippen LogP contribution in [0.5, 0.6) is 0 Å². The largest absolute Gasteiger partial charge is 0.461 e. The van der Waals surface area contributed by atoms with Crippen molar-refractivity contribution in [3.63, 3.8) is 0 Å². The van der Waals surface area contributed by atoms with E-state index in [0.717, 1.165) is 21.4 Å². The van der Waals surface area contributed by atoms with E-state index in [1.807, 2.05) is 79.1 Å². The van der Waals surface area contributed by atoms with Crippen LogP contribution >= 0.6 is 27.5 Å². The highest BCUT2D eigenvalue weighted by Crippen LogP contribution is 2.51. The van der Waals surface area contributed by atoms with E-state index in [9.17, 15) is 14.4 Å². The Hall–Kier alpha value is -4.14. The number of rotatable bonds is 6. The van der Waals surface area contributed by atoms with Crippen LogP contribution in [0.4, 0.5) is 0 Å². The highest BCUT2D eigenvalue weighted by molar-refractivity contribution is 9.10.